The molecule has 2 aliphatic heterocycles. The third kappa shape index (κ3) is 4.91. The summed E-state index contributed by atoms with van der Waals surface area (Å²) >= 11 is 1.82. The van der Waals surface area contributed by atoms with Gasteiger partial charge < -0.3 is 9.80 Å². The van der Waals surface area contributed by atoms with E-state index in [1.54, 1.807) is 0 Å². The van der Waals surface area contributed by atoms with Crippen molar-refractivity contribution in [1.82, 2.24) is 14.7 Å². The Morgan fingerprint density at radius 3 is 2.46 bits per heavy atom. The fourth-order valence-electron chi connectivity index (χ4n) is 5.37. The lowest BCUT2D eigenvalue weighted by Crippen LogP contribution is -2.57. The van der Waals surface area contributed by atoms with Crippen LogP contribution in [0.25, 0.3) is 0 Å². The Bertz CT molecular complexity index is 1170. The summed E-state index contributed by atoms with van der Waals surface area (Å²) in [5.41, 5.74) is 4.51. The van der Waals surface area contributed by atoms with Gasteiger partial charge in [0.25, 0.3) is 5.91 Å². The minimum atomic E-state index is -0.0131. The number of piperazine rings is 1. The number of rotatable bonds is 5. The second-order valence-corrected chi connectivity index (χ2v) is 10.6. The van der Waals surface area contributed by atoms with Gasteiger partial charge in [-0.25, -0.2) is 0 Å². The van der Waals surface area contributed by atoms with Gasteiger partial charge in [0.15, 0.2) is 0 Å². The summed E-state index contributed by atoms with van der Waals surface area (Å²) in [5, 5.41) is 2.17. The van der Waals surface area contributed by atoms with Crippen molar-refractivity contribution in [2.45, 2.75) is 38.8 Å². The normalized spacial score (nSPS) is 20.5. The second kappa shape index (κ2) is 10.3. The zero-order valence-electron chi connectivity index (χ0n) is 20.5. The van der Waals surface area contributed by atoms with Gasteiger partial charge in [-0.05, 0) is 60.0 Å². The average molecular weight is 488 g/mol. The van der Waals surface area contributed by atoms with Crippen molar-refractivity contribution < 1.29 is 9.59 Å². The Hall–Kier alpha value is -2.96. The van der Waals surface area contributed by atoms with Gasteiger partial charge in [0, 0.05) is 42.7 Å². The van der Waals surface area contributed by atoms with E-state index in [0.717, 1.165) is 24.9 Å². The van der Waals surface area contributed by atoms with Crippen molar-refractivity contribution in [1.29, 1.82) is 0 Å². The molecule has 3 heterocycles. The maximum Gasteiger partial charge on any atom is 0.254 e. The fraction of sp³-hybridized carbons (Fsp3) is 0.379. The number of aryl methyl sites for hydroxylation is 1. The van der Waals surface area contributed by atoms with Crippen LogP contribution in [0.3, 0.4) is 0 Å². The molecule has 6 heteroatoms. The van der Waals surface area contributed by atoms with Gasteiger partial charge in [-0.15, -0.1) is 11.3 Å². The molecule has 0 saturated carbocycles. The van der Waals surface area contributed by atoms with E-state index in [1.165, 1.54) is 21.6 Å². The van der Waals surface area contributed by atoms with E-state index in [9.17, 15) is 9.59 Å². The van der Waals surface area contributed by atoms with Gasteiger partial charge in [-0.1, -0.05) is 49.4 Å². The third-order valence-electron chi connectivity index (χ3n) is 7.37. The van der Waals surface area contributed by atoms with Crippen molar-refractivity contribution in [3.8, 4) is 0 Å². The molecule has 2 unspecified atom stereocenters. The van der Waals surface area contributed by atoms with Crippen LogP contribution in [0, 0.1) is 0 Å². The van der Waals surface area contributed by atoms with Gasteiger partial charge in [-0.3, -0.25) is 14.5 Å². The van der Waals surface area contributed by atoms with Gasteiger partial charge >= 0.3 is 0 Å². The summed E-state index contributed by atoms with van der Waals surface area (Å²) in [4.78, 5) is 34.2. The first-order valence-electron chi connectivity index (χ1n) is 12.6. The largest absolute Gasteiger partial charge is 0.338 e. The van der Waals surface area contributed by atoms with Crippen LogP contribution >= 0.6 is 11.3 Å². The van der Waals surface area contributed by atoms with Crippen molar-refractivity contribution in [3.05, 3.63) is 93.2 Å². The standard InChI is InChI=1S/C29H33N3O2S/c1-3-22-9-11-24(12-10-22)29(34)32-17-16-30(19-21(32)2)27(33)20-31-15-13-26-25(14-18-35-26)28(31)23-7-5-4-6-8-23/h4-12,14,18,21,28H,3,13,15-17,19-20H2,1-2H3. The maximum atomic E-state index is 13.4. The Kier molecular flexibility index (Phi) is 7.02. The highest BCUT2D eigenvalue weighted by Crippen LogP contribution is 2.37. The zero-order valence-corrected chi connectivity index (χ0v) is 21.3. The molecule has 2 atom stereocenters. The molecule has 0 N–H and O–H groups in total. The van der Waals surface area contributed by atoms with Crippen molar-refractivity contribution in [2.24, 2.45) is 0 Å². The van der Waals surface area contributed by atoms with Crippen LogP contribution in [0.4, 0.5) is 0 Å². The molecule has 0 spiro atoms. The van der Waals surface area contributed by atoms with E-state index in [1.807, 2.05) is 58.4 Å². The van der Waals surface area contributed by atoms with Crippen LogP contribution in [0.1, 0.15) is 51.8 Å². The minimum Gasteiger partial charge on any atom is -0.338 e. The summed E-state index contributed by atoms with van der Waals surface area (Å²) in [5.74, 6) is 0.202. The Morgan fingerprint density at radius 1 is 0.971 bits per heavy atom. The Balaban J connectivity index is 1.25. The number of fused-ring (bicyclic) bond motifs is 1. The third-order valence-corrected chi connectivity index (χ3v) is 8.37. The number of amides is 2. The number of carbonyl (C=O) groups is 2. The van der Waals surface area contributed by atoms with E-state index in [2.05, 4.69) is 47.5 Å². The molecule has 0 radical (unpaired) electrons. The highest BCUT2D eigenvalue weighted by Gasteiger charge is 2.34. The lowest BCUT2D eigenvalue weighted by atomic mass is 9.93. The molecular formula is C29H33N3O2S. The van der Waals surface area contributed by atoms with E-state index >= 15 is 0 Å². The molecule has 2 aliphatic rings. The number of carbonyl (C=O) groups excluding carboxylic acids is 2. The highest BCUT2D eigenvalue weighted by molar-refractivity contribution is 7.10. The number of thiophene rings is 1. The van der Waals surface area contributed by atoms with Gasteiger partial charge in [0.2, 0.25) is 5.91 Å². The summed E-state index contributed by atoms with van der Waals surface area (Å²) in [6.45, 7) is 7.15. The highest BCUT2D eigenvalue weighted by atomic mass is 32.1. The predicted octanol–water partition coefficient (Wildman–Crippen LogP) is 4.63. The monoisotopic (exact) mass is 487 g/mol. The van der Waals surface area contributed by atoms with Crippen molar-refractivity contribution in [2.75, 3.05) is 32.7 Å². The van der Waals surface area contributed by atoms with Gasteiger partial charge in [-0.2, -0.15) is 0 Å². The number of nitrogens with zero attached hydrogens (tertiary/aromatic N) is 3. The van der Waals surface area contributed by atoms with Crippen LogP contribution in [0.15, 0.2) is 66.0 Å². The number of hydrogen-bond acceptors (Lipinski definition) is 4. The lowest BCUT2D eigenvalue weighted by molar-refractivity contribution is -0.135. The molecule has 1 aromatic heterocycles. The molecule has 3 aromatic rings. The average Bonchev–Trinajstić information content (AvgIpc) is 3.37. The first-order chi connectivity index (χ1) is 17.0. The van der Waals surface area contributed by atoms with Crippen LogP contribution in [-0.2, 0) is 17.6 Å². The van der Waals surface area contributed by atoms with E-state index in [4.69, 9.17) is 0 Å². The van der Waals surface area contributed by atoms with Gasteiger partial charge in [0.1, 0.15) is 0 Å². The molecule has 0 bridgehead atoms. The molecule has 5 nitrogen and oxygen atoms in total. The summed E-state index contributed by atoms with van der Waals surface area (Å²) in [6.07, 6.45) is 1.95. The molecule has 0 aliphatic carbocycles. The lowest BCUT2D eigenvalue weighted by Gasteiger charge is -2.42. The van der Waals surface area contributed by atoms with Gasteiger partial charge in [0.05, 0.1) is 12.6 Å². The second-order valence-electron chi connectivity index (χ2n) is 9.57. The summed E-state index contributed by atoms with van der Waals surface area (Å²) < 4.78 is 0. The molecule has 1 fully saturated rings. The summed E-state index contributed by atoms with van der Waals surface area (Å²) in [7, 11) is 0. The summed E-state index contributed by atoms with van der Waals surface area (Å²) in [6, 6.07) is 20.7. The molecular weight excluding hydrogens is 454 g/mol. The Labute approximate surface area is 212 Å². The molecule has 182 valence electrons. The molecule has 35 heavy (non-hydrogen) atoms. The first-order valence-corrected chi connectivity index (χ1v) is 13.5. The van der Waals surface area contributed by atoms with E-state index in [0.29, 0.717) is 26.2 Å². The van der Waals surface area contributed by atoms with Crippen LogP contribution in [0.2, 0.25) is 0 Å². The SMILES string of the molecule is CCc1ccc(C(=O)N2CCN(C(=O)CN3CCc4sccc4C3c3ccccc3)CC2C)cc1. The molecule has 2 amide bonds. The maximum absolute atomic E-state index is 13.4. The van der Waals surface area contributed by atoms with E-state index < -0.39 is 0 Å². The molecule has 1 saturated heterocycles. The van der Waals surface area contributed by atoms with Crippen molar-refractivity contribution in [3.63, 3.8) is 0 Å². The van der Waals surface area contributed by atoms with Crippen LogP contribution in [0.5, 0.6) is 0 Å². The smallest absolute Gasteiger partial charge is 0.254 e. The van der Waals surface area contributed by atoms with E-state index in [-0.39, 0.29) is 23.9 Å². The molecule has 5 rings (SSSR count). The fourth-order valence-corrected chi connectivity index (χ4v) is 6.28. The molecule has 2 aromatic carbocycles. The number of hydrogen-bond donors (Lipinski definition) is 0. The van der Waals surface area contributed by atoms with Crippen LogP contribution in [-0.4, -0.2) is 65.3 Å². The number of benzene rings is 2. The Morgan fingerprint density at radius 2 is 1.74 bits per heavy atom. The minimum absolute atomic E-state index is 0.0131. The topological polar surface area (TPSA) is 43.9 Å². The predicted molar refractivity (Wildman–Crippen MR) is 141 cm³/mol. The van der Waals surface area contributed by atoms with Crippen LogP contribution < -0.4 is 0 Å². The zero-order chi connectivity index (χ0) is 24.4. The quantitative estimate of drug-likeness (QED) is 0.527. The van der Waals surface area contributed by atoms with Crippen molar-refractivity contribution >= 4 is 23.2 Å². The first kappa shape index (κ1) is 23.8.